The molecular formula is C20H23N5O2. The molecule has 3 N–H and O–H groups in total. The molecule has 1 aliphatic carbocycles. The van der Waals surface area contributed by atoms with Crippen molar-refractivity contribution in [3.05, 3.63) is 52.2 Å². The molecule has 1 aliphatic heterocycles. The fraction of sp³-hybridized carbons (Fsp3) is 0.400. The Morgan fingerprint density at radius 2 is 2.15 bits per heavy atom. The predicted octanol–water partition coefficient (Wildman–Crippen LogP) is 2.93. The van der Waals surface area contributed by atoms with Crippen molar-refractivity contribution < 1.29 is 4.79 Å². The number of hydrogen-bond acceptors (Lipinski definition) is 6. The van der Waals surface area contributed by atoms with Gasteiger partial charge in [-0.1, -0.05) is 25.5 Å². The van der Waals surface area contributed by atoms with E-state index in [4.69, 9.17) is 5.73 Å². The zero-order valence-corrected chi connectivity index (χ0v) is 15.5. The number of pyridine rings is 1. The second kappa shape index (κ2) is 6.33. The summed E-state index contributed by atoms with van der Waals surface area (Å²) in [6, 6.07) is 3.28. The molecular weight excluding hydrogens is 342 g/mol. The molecule has 7 nitrogen and oxygen atoms in total. The summed E-state index contributed by atoms with van der Waals surface area (Å²) in [7, 11) is 0. The van der Waals surface area contributed by atoms with Crippen LogP contribution >= 0.6 is 0 Å². The van der Waals surface area contributed by atoms with Gasteiger partial charge in [-0.3, -0.25) is 14.2 Å². The highest BCUT2D eigenvalue weighted by Gasteiger charge is 2.46. The standard InChI is InChI=1S/C20H23N5O2/c1-3-4-13-5-6-20(9-13)10-15(26)18-12(2)7-14(19(27)25(18)20)24-17-8-16(21)22-11-23-17/h5-8,11,13H,3-4,9-10H2,1-2H3,(H3,21,22,23,24). The van der Waals surface area contributed by atoms with Crippen molar-refractivity contribution in [3.8, 4) is 0 Å². The Balaban J connectivity index is 1.80. The molecule has 4 rings (SSSR count). The molecule has 2 aromatic rings. The zero-order chi connectivity index (χ0) is 19.2. The topological polar surface area (TPSA) is 103 Å². The number of nitrogens with two attached hydrogens (primary N) is 1. The molecule has 0 aromatic carbocycles. The van der Waals surface area contributed by atoms with Crippen LogP contribution in [0.5, 0.6) is 0 Å². The summed E-state index contributed by atoms with van der Waals surface area (Å²) < 4.78 is 1.70. The first-order chi connectivity index (χ1) is 12.9. The number of fused-ring (bicyclic) bond motifs is 2. The van der Waals surface area contributed by atoms with E-state index in [0.29, 0.717) is 35.4 Å². The van der Waals surface area contributed by atoms with Crippen LogP contribution in [-0.2, 0) is 5.54 Å². The minimum Gasteiger partial charge on any atom is -0.384 e. The van der Waals surface area contributed by atoms with Crippen LogP contribution in [0.15, 0.2) is 35.4 Å². The highest BCUT2D eigenvalue weighted by molar-refractivity contribution is 5.99. The van der Waals surface area contributed by atoms with Crippen LogP contribution in [0, 0.1) is 12.8 Å². The van der Waals surface area contributed by atoms with Crippen LogP contribution in [-0.4, -0.2) is 20.3 Å². The number of hydrogen-bond donors (Lipinski definition) is 2. The maximum Gasteiger partial charge on any atom is 0.275 e. The molecule has 1 spiro atoms. The van der Waals surface area contributed by atoms with Gasteiger partial charge in [0.05, 0.1) is 11.2 Å². The molecule has 0 saturated heterocycles. The summed E-state index contributed by atoms with van der Waals surface area (Å²) in [6.07, 6.45) is 8.86. The summed E-state index contributed by atoms with van der Waals surface area (Å²) in [4.78, 5) is 34.0. The molecule has 0 fully saturated rings. The molecule has 7 heteroatoms. The fourth-order valence-corrected chi connectivity index (χ4v) is 4.39. The zero-order valence-electron chi connectivity index (χ0n) is 15.5. The quantitative estimate of drug-likeness (QED) is 0.808. The first kappa shape index (κ1) is 17.5. The van der Waals surface area contributed by atoms with Crippen LogP contribution in [0.1, 0.15) is 48.7 Å². The molecule has 0 amide bonds. The summed E-state index contributed by atoms with van der Waals surface area (Å²) in [5.41, 5.74) is 6.64. The Labute approximate surface area is 157 Å². The number of anilines is 3. The molecule has 2 aliphatic rings. The van der Waals surface area contributed by atoms with Crippen molar-refractivity contribution in [1.29, 1.82) is 0 Å². The first-order valence-corrected chi connectivity index (χ1v) is 9.28. The summed E-state index contributed by atoms with van der Waals surface area (Å²) in [5.74, 6) is 1.20. The second-order valence-corrected chi connectivity index (χ2v) is 7.50. The van der Waals surface area contributed by atoms with Crippen LogP contribution in [0.3, 0.4) is 0 Å². The van der Waals surface area contributed by atoms with E-state index in [1.54, 1.807) is 16.7 Å². The van der Waals surface area contributed by atoms with E-state index in [-0.39, 0.29) is 11.3 Å². The number of carbonyl (C=O) groups is 1. The number of rotatable bonds is 4. The third-order valence-electron chi connectivity index (χ3n) is 5.47. The van der Waals surface area contributed by atoms with Gasteiger partial charge in [0, 0.05) is 12.5 Å². The predicted molar refractivity (Wildman–Crippen MR) is 104 cm³/mol. The van der Waals surface area contributed by atoms with Crippen molar-refractivity contribution in [1.82, 2.24) is 14.5 Å². The van der Waals surface area contributed by atoms with Crippen LogP contribution in [0.4, 0.5) is 17.3 Å². The summed E-state index contributed by atoms with van der Waals surface area (Å²) >= 11 is 0. The van der Waals surface area contributed by atoms with Gasteiger partial charge in [0.2, 0.25) is 0 Å². The Kier molecular flexibility index (Phi) is 4.09. The largest absolute Gasteiger partial charge is 0.384 e. The summed E-state index contributed by atoms with van der Waals surface area (Å²) in [6.45, 7) is 4.02. The summed E-state index contributed by atoms with van der Waals surface area (Å²) in [5, 5.41) is 3.04. The fourth-order valence-electron chi connectivity index (χ4n) is 4.39. The number of Topliss-reactive ketones (excluding diaryl/α,β-unsaturated/α-hetero) is 1. The number of nitrogen functional groups attached to an aromatic ring is 1. The molecule has 27 heavy (non-hydrogen) atoms. The Morgan fingerprint density at radius 3 is 2.89 bits per heavy atom. The van der Waals surface area contributed by atoms with Crippen molar-refractivity contribution in [2.75, 3.05) is 11.1 Å². The normalized spacial score (nSPS) is 23.2. The van der Waals surface area contributed by atoms with Crippen LogP contribution in [0.2, 0.25) is 0 Å². The third kappa shape index (κ3) is 2.83. The smallest absolute Gasteiger partial charge is 0.275 e. The van der Waals surface area contributed by atoms with Gasteiger partial charge in [0.25, 0.3) is 5.56 Å². The lowest BCUT2D eigenvalue weighted by molar-refractivity contribution is 0.0977. The van der Waals surface area contributed by atoms with E-state index in [9.17, 15) is 9.59 Å². The Morgan fingerprint density at radius 1 is 1.33 bits per heavy atom. The number of aryl methyl sites for hydroxylation is 1. The lowest BCUT2D eigenvalue weighted by atomic mass is 9.90. The Bertz CT molecular complexity index is 1010. The van der Waals surface area contributed by atoms with Gasteiger partial charge in [0.15, 0.2) is 5.78 Å². The number of aromatic nitrogens is 3. The lowest BCUT2D eigenvalue weighted by Crippen LogP contribution is -2.37. The van der Waals surface area contributed by atoms with Crippen molar-refractivity contribution >= 4 is 23.1 Å². The van der Waals surface area contributed by atoms with Gasteiger partial charge in [-0.15, -0.1) is 0 Å². The van der Waals surface area contributed by atoms with Crippen LogP contribution < -0.4 is 16.6 Å². The molecule has 0 bridgehead atoms. The van der Waals surface area contributed by atoms with Crippen molar-refractivity contribution in [3.63, 3.8) is 0 Å². The number of carbonyl (C=O) groups excluding carboxylic acids is 1. The number of nitrogens with one attached hydrogen (secondary N) is 1. The average Bonchev–Trinajstić information content (AvgIpc) is 3.14. The molecule has 0 radical (unpaired) electrons. The van der Waals surface area contributed by atoms with Crippen molar-refractivity contribution in [2.24, 2.45) is 5.92 Å². The second-order valence-electron chi connectivity index (χ2n) is 7.50. The van der Waals surface area contributed by atoms with Crippen molar-refractivity contribution in [2.45, 2.75) is 45.1 Å². The maximum atomic E-state index is 13.3. The third-order valence-corrected chi connectivity index (χ3v) is 5.47. The van der Waals surface area contributed by atoms with E-state index >= 15 is 0 Å². The molecule has 3 heterocycles. The van der Waals surface area contributed by atoms with E-state index in [1.807, 2.05) is 6.92 Å². The number of ketones is 1. The SMILES string of the molecule is CCCC1C=CC2(CC(=O)c3c(C)cc(Nc4cc(N)ncn4)c(=O)n32)C1. The van der Waals surface area contributed by atoms with Gasteiger partial charge < -0.3 is 11.1 Å². The van der Waals surface area contributed by atoms with Gasteiger partial charge in [-0.2, -0.15) is 0 Å². The van der Waals surface area contributed by atoms with E-state index in [2.05, 4.69) is 34.4 Å². The lowest BCUT2D eigenvalue weighted by Gasteiger charge is -2.26. The highest BCUT2D eigenvalue weighted by Crippen LogP contribution is 2.44. The number of nitrogens with zero attached hydrogens (tertiary/aromatic N) is 3. The highest BCUT2D eigenvalue weighted by atomic mass is 16.1. The van der Waals surface area contributed by atoms with Gasteiger partial charge in [0.1, 0.15) is 23.7 Å². The molecule has 2 unspecified atom stereocenters. The minimum absolute atomic E-state index is 0.0317. The monoisotopic (exact) mass is 365 g/mol. The maximum absolute atomic E-state index is 13.3. The number of allylic oxidation sites excluding steroid dienone is 2. The Hall–Kier alpha value is -2.96. The van der Waals surface area contributed by atoms with E-state index in [1.165, 1.54) is 6.33 Å². The minimum atomic E-state index is -0.545. The van der Waals surface area contributed by atoms with Crippen LogP contribution in [0.25, 0.3) is 0 Å². The van der Waals surface area contributed by atoms with E-state index < -0.39 is 5.54 Å². The first-order valence-electron chi connectivity index (χ1n) is 9.28. The molecule has 2 aromatic heterocycles. The van der Waals surface area contributed by atoms with Gasteiger partial charge >= 0.3 is 0 Å². The molecule has 0 saturated carbocycles. The van der Waals surface area contributed by atoms with E-state index in [0.717, 1.165) is 24.8 Å². The molecule has 2 atom stereocenters. The average molecular weight is 365 g/mol. The van der Waals surface area contributed by atoms with Gasteiger partial charge in [-0.25, -0.2) is 9.97 Å². The molecule has 140 valence electrons. The van der Waals surface area contributed by atoms with Gasteiger partial charge in [-0.05, 0) is 37.3 Å².